The maximum atomic E-state index is 12.0. The van der Waals surface area contributed by atoms with Gasteiger partial charge in [-0.25, -0.2) is 0 Å². The molecule has 3 rings (SSSR count). The van der Waals surface area contributed by atoms with E-state index in [0.717, 1.165) is 16.8 Å². The Morgan fingerprint density at radius 2 is 1.78 bits per heavy atom. The third kappa shape index (κ3) is 1.89. The molecule has 0 aliphatic carbocycles. The van der Waals surface area contributed by atoms with E-state index in [1.54, 1.807) is 4.90 Å². The van der Waals surface area contributed by atoms with Gasteiger partial charge in [-0.1, -0.05) is 48.0 Å². The number of nitrogens with zero attached hydrogens (tertiary/aromatic N) is 1. The average Bonchev–Trinajstić information content (AvgIpc) is 2.69. The summed E-state index contributed by atoms with van der Waals surface area (Å²) in [6.45, 7) is 0.537. The number of benzene rings is 2. The number of hydrogen-bond donors (Lipinski definition) is 0. The lowest BCUT2D eigenvalue weighted by atomic mass is 10.1. The smallest absolute Gasteiger partial charge is 0.231 e. The van der Waals surface area contributed by atoms with Crippen LogP contribution in [0.25, 0.3) is 0 Å². The first-order valence-corrected chi connectivity index (χ1v) is 6.25. The molecule has 2 aromatic carbocycles. The normalized spacial score (nSPS) is 13.8. The van der Waals surface area contributed by atoms with Crippen LogP contribution in [0.1, 0.15) is 11.1 Å². The summed E-state index contributed by atoms with van der Waals surface area (Å²) in [4.78, 5) is 13.8. The molecule has 0 spiro atoms. The first-order chi connectivity index (χ1) is 8.75. The molecule has 0 fully saturated rings. The Morgan fingerprint density at radius 1 is 1.06 bits per heavy atom. The fraction of sp³-hybridized carbons (Fsp3) is 0.133. The Kier molecular flexibility index (Phi) is 2.80. The van der Waals surface area contributed by atoms with Gasteiger partial charge in [-0.2, -0.15) is 0 Å². The Balaban J connectivity index is 1.94. The molecule has 90 valence electrons. The van der Waals surface area contributed by atoms with Crippen molar-refractivity contribution in [2.45, 2.75) is 13.0 Å². The zero-order valence-corrected chi connectivity index (χ0v) is 10.5. The highest BCUT2D eigenvalue weighted by Crippen LogP contribution is 2.30. The summed E-state index contributed by atoms with van der Waals surface area (Å²) in [7, 11) is 0. The second-order valence-electron chi connectivity index (χ2n) is 4.38. The van der Waals surface area contributed by atoms with Gasteiger partial charge in [-0.3, -0.25) is 4.79 Å². The standard InChI is InChI=1S/C15H12ClNO/c16-13-7-3-1-6-12(13)10-17-14-8-4-2-5-11(14)9-15(17)18/h1-8H,9-10H2. The highest BCUT2D eigenvalue weighted by molar-refractivity contribution is 6.31. The Hall–Kier alpha value is -1.80. The Morgan fingerprint density at radius 3 is 2.61 bits per heavy atom. The van der Waals surface area contributed by atoms with Gasteiger partial charge in [0.25, 0.3) is 0 Å². The molecule has 3 heteroatoms. The quantitative estimate of drug-likeness (QED) is 0.807. The number of hydrogen-bond acceptors (Lipinski definition) is 1. The number of halogens is 1. The highest BCUT2D eigenvalue weighted by atomic mass is 35.5. The summed E-state index contributed by atoms with van der Waals surface area (Å²) in [5.41, 5.74) is 3.07. The lowest BCUT2D eigenvalue weighted by Crippen LogP contribution is -2.26. The minimum Gasteiger partial charge on any atom is -0.307 e. The zero-order chi connectivity index (χ0) is 12.5. The predicted octanol–water partition coefficient (Wildman–Crippen LogP) is 3.43. The van der Waals surface area contributed by atoms with Crippen molar-refractivity contribution in [3.63, 3.8) is 0 Å². The number of amides is 1. The van der Waals surface area contributed by atoms with Crippen molar-refractivity contribution in [2.24, 2.45) is 0 Å². The summed E-state index contributed by atoms with van der Waals surface area (Å²) in [5.74, 6) is 0.135. The predicted molar refractivity (Wildman–Crippen MR) is 72.8 cm³/mol. The van der Waals surface area contributed by atoms with Crippen LogP contribution in [0.5, 0.6) is 0 Å². The van der Waals surface area contributed by atoms with Crippen molar-refractivity contribution in [2.75, 3.05) is 4.90 Å². The van der Waals surface area contributed by atoms with Crippen LogP contribution in [-0.4, -0.2) is 5.91 Å². The third-order valence-electron chi connectivity index (χ3n) is 3.21. The first-order valence-electron chi connectivity index (χ1n) is 5.87. The van der Waals surface area contributed by atoms with E-state index in [1.165, 1.54) is 0 Å². The molecule has 0 saturated heterocycles. The molecule has 0 radical (unpaired) electrons. The van der Waals surface area contributed by atoms with Crippen LogP contribution >= 0.6 is 11.6 Å². The van der Waals surface area contributed by atoms with Crippen molar-refractivity contribution in [1.29, 1.82) is 0 Å². The summed E-state index contributed by atoms with van der Waals surface area (Å²) in [6.07, 6.45) is 0.487. The van der Waals surface area contributed by atoms with Gasteiger partial charge in [-0.05, 0) is 23.3 Å². The van der Waals surface area contributed by atoms with Crippen LogP contribution in [0.3, 0.4) is 0 Å². The molecule has 0 aromatic heterocycles. The fourth-order valence-electron chi connectivity index (χ4n) is 2.29. The molecule has 1 amide bonds. The second kappa shape index (κ2) is 4.46. The maximum absolute atomic E-state index is 12.0. The molecule has 0 saturated carbocycles. The molecule has 0 bridgehead atoms. The number of carbonyl (C=O) groups excluding carboxylic acids is 1. The highest BCUT2D eigenvalue weighted by Gasteiger charge is 2.26. The van der Waals surface area contributed by atoms with Gasteiger partial charge >= 0.3 is 0 Å². The average molecular weight is 258 g/mol. The summed E-state index contributed by atoms with van der Waals surface area (Å²) < 4.78 is 0. The fourth-order valence-corrected chi connectivity index (χ4v) is 2.48. The third-order valence-corrected chi connectivity index (χ3v) is 3.58. The van der Waals surface area contributed by atoms with Crippen molar-refractivity contribution in [3.05, 3.63) is 64.7 Å². The van der Waals surface area contributed by atoms with E-state index in [4.69, 9.17) is 11.6 Å². The maximum Gasteiger partial charge on any atom is 0.231 e. The molecule has 1 aliphatic heterocycles. The molecular weight excluding hydrogens is 246 g/mol. The molecular formula is C15H12ClNO. The van der Waals surface area contributed by atoms with Gasteiger partial charge in [0.1, 0.15) is 0 Å². The molecule has 1 heterocycles. The molecule has 2 aromatic rings. The van der Waals surface area contributed by atoms with Crippen LogP contribution < -0.4 is 4.90 Å². The van der Waals surface area contributed by atoms with Crippen molar-refractivity contribution in [1.82, 2.24) is 0 Å². The monoisotopic (exact) mass is 257 g/mol. The molecule has 0 atom stereocenters. The van der Waals surface area contributed by atoms with E-state index < -0.39 is 0 Å². The van der Waals surface area contributed by atoms with Crippen molar-refractivity contribution in [3.8, 4) is 0 Å². The van der Waals surface area contributed by atoms with Crippen molar-refractivity contribution < 1.29 is 4.79 Å². The summed E-state index contributed by atoms with van der Waals surface area (Å²) in [5, 5.41) is 0.703. The van der Waals surface area contributed by atoms with E-state index >= 15 is 0 Å². The topological polar surface area (TPSA) is 20.3 Å². The van der Waals surface area contributed by atoms with E-state index in [2.05, 4.69) is 0 Å². The van der Waals surface area contributed by atoms with Crippen molar-refractivity contribution >= 4 is 23.2 Å². The van der Waals surface area contributed by atoms with Crippen LogP contribution in [0.2, 0.25) is 5.02 Å². The SMILES string of the molecule is O=C1Cc2ccccc2N1Cc1ccccc1Cl. The van der Waals surface area contributed by atoms with E-state index in [-0.39, 0.29) is 5.91 Å². The number of fused-ring (bicyclic) bond motifs is 1. The van der Waals surface area contributed by atoms with Crippen LogP contribution in [-0.2, 0) is 17.8 Å². The van der Waals surface area contributed by atoms with Gasteiger partial charge in [0.2, 0.25) is 5.91 Å². The van der Waals surface area contributed by atoms with E-state index in [1.807, 2.05) is 48.5 Å². The summed E-state index contributed by atoms with van der Waals surface area (Å²) >= 11 is 6.14. The van der Waals surface area contributed by atoms with Gasteiger partial charge < -0.3 is 4.90 Å². The molecule has 0 unspecified atom stereocenters. The largest absolute Gasteiger partial charge is 0.307 e. The van der Waals surface area contributed by atoms with Crippen LogP contribution in [0, 0.1) is 0 Å². The zero-order valence-electron chi connectivity index (χ0n) is 9.77. The number of carbonyl (C=O) groups is 1. The molecule has 0 N–H and O–H groups in total. The van der Waals surface area contributed by atoms with Crippen LogP contribution in [0.15, 0.2) is 48.5 Å². The van der Waals surface area contributed by atoms with Crippen LogP contribution in [0.4, 0.5) is 5.69 Å². The van der Waals surface area contributed by atoms with Gasteiger partial charge in [0.05, 0.1) is 13.0 Å². The molecule has 2 nitrogen and oxygen atoms in total. The minimum atomic E-state index is 0.135. The number of rotatable bonds is 2. The molecule has 18 heavy (non-hydrogen) atoms. The second-order valence-corrected chi connectivity index (χ2v) is 4.78. The van der Waals surface area contributed by atoms with E-state index in [0.29, 0.717) is 18.0 Å². The lowest BCUT2D eigenvalue weighted by Gasteiger charge is -2.18. The molecule has 1 aliphatic rings. The van der Waals surface area contributed by atoms with Gasteiger partial charge in [0, 0.05) is 10.7 Å². The minimum absolute atomic E-state index is 0.135. The number of anilines is 1. The lowest BCUT2D eigenvalue weighted by molar-refractivity contribution is -0.117. The number of para-hydroxylation sites is 1. The summed E-state index contributed by atoms with van der Waals surface area (Å²) in [6, 6.07) is 15.5. The Labute approximate surface area is 111 Å². The first kappa shape index (κ1) is 11.3. The van der Waals surface area contributed by atoms with Gasteiger partial charge in [-0.15, -0.1) is 0 Å². The van der Waals surface area contributed by atoms with E-state index in [9.17, 15) is 4.79 Å². The van der Waals surface area contributed by atoms with Gasteiger partial charge in [0.15, 0.2) is 0 Å². The Bertz CT molecular complexity index is 609.